The molecule has 0 rings (SSSR count). The van der Waals surface area contributed by atoms with Gasteiger partial charge in [-0.2, -0.15) is 0 Å². The van der Waals surface area contributed by atoms with Crippen molar-refractivity contribution in [2.24, 2.45) is 5.84 Å². The van der Waals surface area contributed by atoms with Crippen molar-refractivity contribution in [3.05, 3.63) is 0 Å². The fourth-order valence-corrected chi connectivity index (χ4v) is 0.866. The first-order valence-corrected chi connectivity index (χ1v) is 3.73. The minimum absolute atomic E-state index is 0.230. The molecule has 0 aliphatic heterocycles. The molecule has 1 unspecified atom stereocenters. The van der Waals surface area contributed by atoms with E-state index < -0.39 is 0 Å². The van der Waals surface area contributed by atoms with E-state index in [-0.39, 0.29) is 6.04 Å². The number of unbranched alkanes of at least 4 members (excludes halogenated alkanes) is 1. The van der Waals surface area contributed by atoms with Gasteiger partial charge in [0.1, 0.15) is 0 Å². The first-order valence-electron chi connectivity index (χ1n) is 3.73. The van der Waals surface area contributed by atoms with Crippen LogP contribution in [0.5, 0.6) is 0 Å². The summed E-state index contributed by atoms with van der Waals surface area (Å²) in [7, 11) is 1.66. The van der Waals surface area contributed by atoms with Gasteiger partial charge in [-0.1, -0.05) is 0 Å². The van der Waals surface area contributed by atoms with Gasteiger partial charge in [0.2, 0.25) is 0 Å². The van der Waals surface area contributed by atoms with Crippen molar-refractivity contribution in [3.8, 4) is 12.3 Å². The first-order chi connectivity index (χ1) is 5.35. The Labute approximate surface area is 68.3 Å². The van der Waals surface area contributed by atoms with Gasteiger partial charge < -0.3 is 4.74 Å². The van der Waals surface area contributed by atoms with Crippen molar-refractivity contribution in [2.45, 2.75) is 25.3 Å². The van der Waals surface area contributed by atoms with Crippen LogP contribution in [-0.4, -0.2) is 19.8 Å². The Morgan fingerprint density at radius 3 is 2.91 bits per heavy atom. The summed E-state index contributed by atoms with van der Waals surface area (Å²) in [4.78, 5) is 0. The summed E-state index contributed by atoms with van der Waals surface area (Å²) in [5.74, 6) is 7.84. The van der Waals surface area contributed by atoms with Gasteiger partial charge in [0.15, 0.2) is 0 Å². The Morgan fingerprint density at radius 1 is 1.73 bits per heavy atom. The maximum Gasteiger partial charge on any atom is 0.0629 e. The summed E-state index contributed by atoms with van der Waals surface area (Å²) in [6.45, 7) is 0.640. The zero-order valence-electron chi connectivity index (χ0n) is 6.97. The lowest BCUT2D eigenvalue weighted by Crippen LogP contribution is -2.38. The molecule has 0 bridgehead atoms. The minimum Gasteiger partial charge on any atom is -0.383 e. The smallest absolute Gasteiger partial charge is 0.0629 e. The van der Waals surface area contributed by atoms with E-state index in [1.807, 2.05) is 0 Å². The first kappa shape index (κ1) is 10.4. The highest BCUT2D eigenvalue weighted by Gasteiger charge is 2.03. The monoisotopic (exact) mass is 156 g/mol. The highest BCUT2D eigenvalue weighted by molar-refractivity contribution is 4.83. The van der Waals surface area contributed by atoms with Crippen molar-refractivity contribution in [2.75, 3.05) is 13.7 Å². The molecule has 0 amide bonds. The summed E-state index contributed by atoms with van der Waals surface area (Å²) in [6.07, 6.45) is 7.87. The number of hydrogen-bond donors (Lipinski definition) is 2. The van der Waals surface area contributed by atoms with Crippen molar-refractivity contribution < 1.29 is 4.74 Å². The van der Waals surface area contributed by atoms with E-state index in [1.54, 1.807) is 7.11 Å². The van der Waals surface area contributed by atoms with E-state index in [9.17, 15) is 0 Å². The van der Waals surface area contributed by atoms with Gasteiger partial charge in [0.25, 0.3) is 0 Å². The van der Waals surface area contributed by atoms with Gasteiger partial charge in [-0.25, -0.2) is 0 Å². The van der Waals surface area contributed by atoms with E-state index in [4.69, 9.17) is 17.0 Å². The second-order valence-electron chi connectivity index (χ2n) is 2.42. The predicted octanol–water partition coefficient (Wildman–Crippen LogP) is 0.268. The van der Waals surface area contributed by atoms with E-state index in [1.165, 1.54) is 0 Å². The topological polar surface area (TPSA) is 47.3 Å². The quantitative estimate of drug-likeness (QED) is 0.251. The number of nitrogens with one attached hydrogen (secondary N) is 1. The molecule has 0 aliphatic carbocycles. The zero-order chi connectivity index (χ0) is 8.53. The van der Waals surface area contributed by atoms with Crippen LogP contribution in [-0.2, 0) is 4.74 Å². The molecule has 0 radical (unpaired) electrons. The molecule has 3 nitrogen and oxygen atoms in total. The van der Waals surface area contributed by atoms with Crippen molar-refractivity contribution in [1.29, 1.82) is 0 Å². The molecule has 0 heterocycles. The number of methoxy groups -OCH3 is 1. The third-order valence-electron chi connectivity index (χ3n) is 1.48. The van der Waals surface area contributed by atoms with Crippen molar-refractivity contribution >= 4 is 0 Å². The molecule has 0 spiro atoms. The van der Waals surface area contributed by atoms with Crippen LogP contribution in [0.1, 0.15) is 19.3 Å². The lowest BCUT2D eigenvalue weighted by atomic mass is 10.1. The van der Waals surface area contributed by atoms with Gasteiger partial charge in [0.05, 0.1) is 6.61 Å². The SMILES string of the molecule is C#CCCCC(COC)NN. The molecule has 0 aromatic heterocycles. The fourth-order valence-electron chi connectivity index (χ4n) is 0.866. The van der Waals surface area contributed by atoms with Crippen molar-refractivity contribution in [3.63, 3.8) is 0 Å². The lowest BCUT2D eigenvalue weighted by Gasteiger charge is -2.13. The highest BCUT2D eigenvalue weighted by Crippen LogP contribution is 1.99. The van der Waals surface area contributed by atoms with Crippen LogP contribution >= 0.6 is 0 Å². The van der Waals surface area contributed by atoms with Gasteiger partial charge in [-0.15, -0.1) is 12.3 Å². The summed E-state index contributed by atoms with van der Waals surface area (Å²) in [5.41, 5.74) is 2.67. The molecule has 3 heteroatoms. The van der Waals surface area contributed by atoms with Crippen LogP contribution in [0.4, 0.5) is 0 Å². The standard InChI is InChI=1S/C8H16N2O/c1-3-4-5-6-8(10-9)7-11-2/h1,8,10H,4-7,9H2,2H3. The molecule has 0 fully saturated rings. The number of hydrogen-bond acceptors (Lipinski definition) is 3. The number of nitrogens with two attached hydrogens (primary N) is 1. The van der Waals surface area contributed by atoms with E-state index in [0.717, 1.165) is 19.3 Å². The average Bonchev–Trinajstić information content (AvgIpc) is 2.03. The number of ether oxygens (including phenoxy) is 1. The maximum absolute atomic E-state index is 5.26. The number of hydrazine groups is 1. The third kappa shape index (κ3) is 5.86. The Balaban J connectivity index is 3.29. The van der Waals surface area contributed by atoms with Crippen LogP contribution in [0.3, 0.4) is 0 Å². The highest BCUT2D eigenvalue weighted by atomic mass is 16.5. The Hall–Kier alpha value is -0.560. The van der Waals surface area contributed by atoms with E-state index in [2.05, 4.69) is 11.3 Å². The molecule has 0 aromatic carbocycles. The van der Waals surface area contributed by atoms with Crippen LogP contribution < -0.4 is 11.3 Å². The van der Waals surface area contributed by atoms with E-state index >= 15 is 0 Å². The Morgan fingerprint density at radius 2 is 2.45 bits per heavy atom. The molecule has 0 aliphatic rings. The molecule has 0 saturated carbocycles. The number of terminal acetylenes is 1. The largest absolute Gasteiger partial charge is 0.383 e. The van der Waals surface area contributed by atoms with Gasteiger partial charge >= 0.3 is 0 Å². The van der Waals surface area contributed by atoms with E-state index in [0.29, 0.717) is 6.61 Å². The molecule has 0 aromatic rings. The van der Waals surface area contributed by atoms with Crippen LogP contribution in [0, 0.1) is 12.3 Å². The summed E-state index contributed by atoms with van der Waals surface area (Å²) in [5, 5.41) is 0. The van der Waals surface area contributed by atoms with Gasteiger partial charge in [-0.05, 0) is 12.8 Å². The maximum atomic E-state index is 5.26. The molecule has 11 heavy (non-hydrogen) atoms. The minimum atomic E-state index is 0.230. The fraction of sp³-hybridized carbons (Fsp3) is 0.750. The summed E-state index contributed by atoms with van der Waals surface area (Å²) >= 11 is 0. The van der Waals surface area contributed by atoms with Crippen LogP contribution in [0.25, 0.3) is 0 Å². The normalized spacial score (nSPS) is 12.5. The Kier molecular flexibility index (Phi) is 7.16. The zero-order valence-corrected chi connectivity index (χ0v) is 6.97. The lowest BCUT2D eigenvalue weighted by molar-refractivity contribution is 0.162. The molecule has 3 N–H and O–H groups in total. The van der Waals surface area contributed by atoms with Crippen LogP contribution in [0.2, 0.25) is 0 Å². The molecular formula is C8H16N2O. The summed E-state index contributed by atoms with van der Waals surface area (Å²) < 4.78 is 4.93. The predicted molar refractivity (Wildman–Crippen MR) is 45.7 cm³/mol. The third-order valence-corrected chi connectivity index (χ3v) is 1.48. The molecular weight excluding hydrogens is 140 g/mol. The molecule has 64 valence electrons. The van der Waals surface area contributed by atoms with Gasteiger partial charge in [0, 0.05) is 19.6 Å². The second-order valence-corrected chi connectivity index (χ2v) is 2.42. The average molecular weight is 156 g/mol. The molecule has 0 saturated heterocycles. The van der Waals surface area contributed by atoms with Gasteiger partial charge in [-0.3, -0.25) is 11.3 Å². The summed E-state index contributed by atoms with van der Waals surface area (Å²) in [6, 6.07) is 0.230. The van der Waals surface area contributed by atoms with Crippen LogP contribution in [0.15, 0.2) is 0 Å². The Bertz CT molecular complexity index is 120. The molecule has 1 atom stereocenters. The van der Waals surface area contributed by atoms with Crippen molar-refractivity contribution in [1.82, 2.24) is 5.43 Å². The number of rotatable bonds is 6. The second kappa shape index (κ2) is 7.55.